The van der Waals surface area contributed by atoms with Crippen molar-refractivity contribution in [2.24, 2.45) is 0 Å². The number of hydrogen-bond donors (Lipinski definition) is 0. The molecule has 1 amide bonds. The molecule has 1 aromatic carbocycles. The second-order valence-electron chi connectivity index (χ2n) is 5.27. The molecule has 0 fully saturated rings. The van der Waals surface area contributed by atoms with Gasteiger partial charge in [0.2, 0.25) is 5.91 Å². The molecule has 0 heterocycles. The molecule has 1 atom stereocenters. The zero-order chi connectivity index (χ0) is 15.5. The second-order valence-corrected chi connectivity index (χ2v) is 5.27. The molecule has 2 nitrogen and oxygen atoms in total. The standard InChI is InChI=1S/C16H18F3NO/c1-2-10-20(11-16(17,18)19)15(21)14-9-5-7-12-6-3-4-8-13(12)14/h2-4,6,8,14H,1,5,7,9-11H2. The second kappa shape index (κ2) is 6.33. The van der Waals surface area contributed by atoms with Gasteiger partial charge < -0.3 is 4.90 Å². The first kappa shape index (κ1) is 15.6. The fraction of sp³-hybridized carbons (Fsp3) is 0.438. The molecule has 0 aromatic heterocycles. The Kier molecular flexibility index (Phi) is 4.70. The van der Waals surface area contributed by atoms with Crippen LogP contribution in [0.4, 0.5) is 13.2 Å². The summed E-state index contributed by atoms with van der Waals surface area (Å²) in [6, 6.07) is 7.50. The Hall–Kier alpha value is -1.78. The molecule has 0 spiro atoms. The fourth-order valence-electron chi connectivity index (χ4n) is 2.84. The molecule has 1 aliphatic carbocycles. The topological polar surface area (TPSA) is 20.3 Å². The minimum absolute atomic E-state index is 0.0863. The van der Waals surface area contributed by atoms with Crippen LogP contribution in [0.1, 0.15) is 29.9 Å². The van der Waals surface area contributed by atoms with Crippen LogP contribution < -0.4 is 0 Å². The van der Waals surface area contributed by atoms with Crippen LogP contribution >= 0.6 is 0 Å². The number of carbonyl (C=O) groups excluding carboxylic acids is 1. The van der Waals surface area contributed by atoms with Gasteiger partial charge in [0, 0.05) is 6.54 Å². The van der Waals surface area contributed by atoms with E-state index in [1.807, 2.05) is 24.3 Å². The van der Waals surface area contributed by atoms with Crippen LogP contribution in [0.15, 0.2) is 36.9 Å². The van der Waals surface area contributed by atoms with Gasteiger partial charge in [-0.1, -0.05) is 30.3 Å². The van der Waals surface area contributed by atoms with Crippen molar-refractivity contribution in [2.75, 3.05) is 13.1 Å². The molecule has 0 saturated heterocycles. The molecule has 114 valence electrons. The normalized spacial score (nSPS) is 18.0. The Morgan fingerprint density at radius 3 is 2.76 bits per heavy atom. The SMILES string of the molecule is C=CCN(CC(F)(F)F)C(=O)C1CCCc2ccccc21. The summed E-state index contributed by atoms with van der Waals surface area (Å²) in [6.45, 7) is 2.13. The highest BCUT2D eigenvalue weighted by Crippen LogP contribution is 2.33. The maximum Gasteiger partial charge on any atom is 0.406 e. The summed E-state index contributed by atoms with van der Waals surface area (Å²) < 4.78 is 37.9. The molecular formula is C16H18F3NO. The lowest BCUT2D eigenvalue weighted by molar-refractivity contribution is -0.161. The molecule has 2 rings (SSSR count). The maximum absolute atomic E-state index is 12.6. The first-order valence-corrected chi connectivity index (χ1v) is 6.96. The van der Waals surface area contributed by atoms with Crippen LogP contribution in [0.5, 0.6) is 0 Å². The molecule has 1 unspecified atom stereocenters. The van der Waals surface area contributed by atoms with Gasteiger partial charge in [0.1, 0.15) is 6.54 Å². The molecule has 21 heavy (non-hydrogen) atoms. The molecule has 5 heteroatoms. The Morgan fingerprint density at radius 1 is 1.38 bits per heavy atom. The maximum atomic E-state index is 12.6. The van der Waals surface area contributed by atoms with E-state index in [9.17, 15) is 18.0 Å². The van der Waals surface area contributed by atoms with Gasteiger partial charge in [-0.15, -0.1) is 6.58 Å². The van der Waals surface area contributed by atoms with E-state index in [1.54, 1.807) is 0 Å². The van der Waals surface area contributed by atoms with Gasteiger partial charge in [-0.25, -0.2) is 0 Å². The Morgan fingerprint density at radius 2 is 2.10 bits per heavy atom. The van der Waals surface area contributed by atoms with E-state index in [1.165, 1.54) is 6.08 Å². The van der Waals surface area contributed by atoms with Crippen LogP contribution in [-0.2, 0) is 11.2 Å². The molecule has 0 aliphatic heterocycles. The number of alkyl halides is 3. The third-order valence-electron chi connectivity index (χ3n) is 3.70. The van der Waals surface area contributed by atoms with Crippen molar-refractivity contribution < 1.29 is 18.0 Å². The fourth-order valence-corrected chi connectivity index (χ4v) is 2.84. The minimum Gasteiger partial charge on any atom is -0.329 e. The Labute approximate surface area is 122 Å². The third-order valence-corrected chi connectivity index (χ3v) is 3.70. The van der Waals surface area contributed by atoms with E-state index in [2.05, 4.69) is 6.58 Å². The van der Waals surface area contributed by atoms with Gasteiger partial charge in [-0.2, -0.15) is 13.2 Å². The van der Waals surface area contributed by atoms with Crippen LogP contribution in [0.25, 0.3) is 0 Å². The summed E-state index contributed by atoms with van der Waals surface area (Å²) in [4.78, 5) is 13.4. The van der Waals surface area contributed by atoms with Crippen molar-refractivity contribution in [3.63, 3.8) is 0 Å². The van der Waals surface area contributed by atoms with Crippen molar-refractivity contribution in [1.82, 2.24) is 4.90 Å². The minimum atomic E-state index is -4.40. The Bertz CT molecular complexity index is 524. The van der Waals surface area contributed by atoms with Gasteiger partial charge >= 0.3 is 6.18 Å². The quantitative estimate of drug-likeness (QED) is 0.776. The number of amides is 1. The summed E-state index contributed by atoms with van der Waals surface area (Å²) >= 11 is 0. The highest BCUT2D eigenvalue weighted by Gasteiger charge is 2.36. The number of benzene rings is 1. The van der Waals surface area contributed by atoms with E-state index in [-0.39, 0.29) is 6.54 Å². The molecular weight excluding hydrogens is 279 g/mol. The summed E-state index contributed by atoms with van der Waals surface area (Å²) in [7, 11) is 0. The number of halogens is 3. The van der Waals surface area contributed by atoms with E-state index < -0.39 is 24.5 Å². The predicted molar refractivity (Wildman–Crippen MR) is 75.0 cm³/mol. The molecule has 0 saturated carbocycles. The van der Waals surface area contributed by atoms with Gasteiger partial charge in [-0.3, -0.25) is 4.79 Å². The van der Waals surface area contributed by atoms with Crippen LogP contribution in [0, 0.1) is 0 Å². The highest BCUT2D eigenvalue weighted by molar-refractivity contribution is 5.84. The van der Waals surface area contributed by atoms with Crippen molar-refractivity contribution >= 4 is 5.91 Å². The lowest BCUT2D eigenvalue weighted by Gasteiger charge is -2.30. The summed E-state index contributed by atoms with van der Waals surface area (Å²) in [6.07, 6.45) is -0.769. The van der Waals surface area contributed by atoms with Crippen LogP contribution in [0.2, 0.25) is 0 Å². The summed E-state index contributed by atoms with van der Waals surface area (Å²) in [5.74, 6) is -0.934. The van der Waals surface area contributed by atoms with E-state index in [0.29, 0.717) is 6.42 Å². The lowest BCUT2D eigenvalue weighted by atomic mass is 9.82. The van der Waals surface area contributed by atoms with Crippen LogP contribution in [-0.4, -0.2) is 30.1 Å². The molecule has 1 aliphatic rings. The van der Waals surface area contributed by atoms with E-state index in [4.69, 9.17) is 0 Å². The molecule has 0 bridgehead atoms. The molecule has 1 aromatic rings. The average molecular weight is 297 g/mol. The number of rotatable bonds is 4. The number of aryl methyl sites for hydroxylation is 1. The first-order chi connectivity index (χ1) is 9.92. The van der Waals surface area contributed by atoms with E-state index in [0.717, 1.165) is 28.9 Å². The molecule has 0 N–H and O–H groups in total. The number of fused-ring (bicyclic) bond motifs is 1. The van der Waals surface area contributed by atoms with Crippen molar-refractivity contribution in [2.45, 2.75) is 31.4 Å². The summed E-state index contributed by atoms with van der Waals surface area (Å²) in [5, 5.41) is 0. The number of hydrogen-bond acceptors (Lipinski definition) is 1. The van der Waals surface area contributed by atoms with Crippen molar-refractivity contribution in [1.29, 1.82) is 0 Å². The first-order valence-electron chi connectivity index (χ1n) is 6.96. The van der Waals surface area contributed by atoms with Crippen molar-refractivity contribution in [3.8, 4) is 0 Å². The third kappa shape index (κ3) is 3.86. The van der Waals surface area contributed by atoms with E-state index >= 15 is 0 Å². The van der Waals surface area contributed by atoms with Crippen LogP contribution in [0.3, 0.4) is 0 Å². The zero-order valence-electron chi connectivity index (χ0n) is 11.7. The number of nitrogens with zero attached hydrogens (tertiary/aromatic N) is 1. The smallest absolute Gasteiger partial charge is 0.329 e. The molecule has 0 radical (unpaired) electrons. The summed E-state index contributed by atoms with van der Waals surface area (Å²) in [5.41, 5.74) is 1.93. The largest absolute Gasteiger partial charge is 0.406 e. The average Bonchev–Trinajstić information content (AvgIpc) is 2.44. The zero-order valence-corrected chi connectivity index (χ0v) is 11.7. The Balaban J connectivity index is 2.23. The lowest BCUT2D eigenvalue weighted by Crippen LogP contribution is -2.42. The van der Waals surface area contributed by atoms with Crippen molar-refractivity contribution in [3.05, 3.63) is 48.0 Å². The van der Waals surface area contributed by atoms with Gasteiger partial charge in [0.05, 0.1) is 5.92 Å². The monoisotopic (exact) mass is 297 g/mol. The highest BCUT2D eigenvalue weighted by atomic mass is 19.4. The number of carbonyl (C=O) groups is 1. The van der Waals surface area contributed by atoms with Gasteiger partial charge in [0.25, 0.3) is 0 Å². The van der Waals surface area contributed by atoms with Gasteiger partial charge in [0.15, 0.2) is 0 Å². The van der Waals surface area contributed by atoms with Gasteiger partial charge in [-0.05, 0) is 30.4 Å². The predicted octanol–water partition coefficient (Wildman–Crippen LogP) is 3.68.